The highest BCUT2D eigenvalue weighted by molar-refractivity contribution is 6.68. The zero-order valence-corrected chi connectivity index (χ0v) is 12.9. The minimum atomic E-state index is -0.831. The summed E-state index contributed by atoms with van der Waals surface area (Å²) in [6, 6.07) is 1.85. The summed E-state index contributed by atoms with van der Waals surface area (Å²) in [4.78, 5) is 17.0. The number of nitriles is 1. The summed E-state index contributed by atoms with van der Waals surface area (Å²) >= 11 is 12.2. The van der Waals surface area contributed by atoms with Crippen molar-refractivity contribution < 1.29 is 9.63 Å². The minimum absolute atomic E-state index is 0.0494. The summed E-state index contributed by atoms with van der Waals surface area (Å²) in [7, 11) is 0. The molecule has 1 aliphatic heterocycles. The van der Waals surface area contributed by atoms with Crippen LogP contribution < -0.4 is 0 Å². The van der Waals surface area contributed by atoms with Crippen molar-refractivity contribution in [2.45, 2.75) is 25.1 Å². The molecule has 6 nitrogen and oxygen atoms in total. The summed E-state index contributed by atoms with van der Waals surface area (Å²) < 4.78 is -0.831. The van der Waals surface area contributed by atoms with E-state index in [-0.39, 0.29) is 30.2 Å². The Morgan fingerprint density at radius 2 is 2.15 bits per heavy atom. The van der Waals surface area contributed by atoms with Crippen LogP contribution in [0.2, 0.25) is 0 Å². The predicted molar refractivity (Wildman–Crippen MR) is 75.5 cm³/mol. The van der Waals surface area contributed by atoms with Gasteiger partial charge in [-0.2, -0.15) is 10.4 Å². The standard InChI is InChI=1S/C12H14Cl2N4O2/c1-7-9(10(19)18(16-7)5-4-15)17-20-6-8-11(2,3)12(8,13)14/h8H,5-6H2,1-3H3. The molecule has 8 heteroatoms. The van der Waals surface area contributed by atoms with Crippen molar-refractivity contribution in [1.29, 1.82) is 5.26 Å². The predicted octanol–water partition coefficient (Wildman–Crippen LogP) is 1.93. The largest absolute Gasteiger partial charge is 0.395 e. The number of hydrogen-bond acceptors (Lipinski definition) is 5. The van der Waals surface area contributed by atoms with Crippen molar-refractivity contribution in [1.82, 2.24) is 5.01 Å². The lowest BCUT2D eigenvalue weighted by atomic mass is 10.1. The van der Waals surface area contributed by atoms with Crippen LogP contribution in [0, 0.1) is 22.7 Å². The van der Waals surface area contributed by atoms with E-state index < -0.39 is 10.2 Å². The maximum atomic E-state index is 11.8. The number of amides is 1. The van der Waals surface area contributed by atoms with Gasteiger partial charge in [-0.1, -0.05) is 19.0 Å². The Balaban J connectivity index is 1.96. The Morgan fingerprint density at radius 3 is 2.65 bits per heavy atom. The number of carbonyl (C=O) groups excluding carboxylic acids is 1. The van der Waals surface area contributed by atoms with Gasteiger partial charge < -0.3 is 4.84 Å². The van der Waals surface area contributed by atoms with E-state index in [2.05, 4.69) is 10.3 Å². The van der Waals surface area contributed by atoms with Gasteiger partial charge >= 0.3 is 0 Å². The maximum absolute atomic E-state index is 11.8. The molecule has 2 aliphatic rings. The van der Waals surface area contributed by atoms with Crippen LogP contribution in [0.25, 0.3) is 0 Å². The molecule has 1 amide bonds. The fourth-order valence-corrected chi connectivity index (χ4v) is 2.90. The van der Waals surface area contributed by atoms with E-state index in [4.69, 9.17) is 33.3 Å². The monoisotopic (exact) mass is 316 g/mol. The molecule has 0 aromatic carbocycles. The van der Waals surface area contributed by atoms with Crippen LogP contribution in [0.4, 0.5) is 0 Å². The van der Waals surface area contributed by atoms with Gasteiger partial charge in [-0.05, 0) is 6.92 Å². The molecule has 108 valence electrons. The second-order valence-corrected chi connectivity index (χ2v) is 6.73. The van der Waals surface area contributed by atoms with Gasteiger partial charge in [-0.15, -0.1) is 23.2 Å². The first-order valence-corrected chi connectivity index (χ1v) is 6.81. The number of carbonyl (C=O) groups is 1. The summed E-state index contributed by atoms with van der Waals surface area (Å²) in [5.41, 5.74) is 0.281. The van der Waals surface area contributed by atoms with E-state index in [1.54, 1.807) is 6.92 Å². The Bertz CT molecular complexity index is 534. The molecule has 0 bridgehead atoms. The fraction of sp³-hybridized carbons (Fsp3) is 0.667. The van der Waals surface area contributed by atoms with Gasteiger partial charge in [-0.3, -0.25) is 4.79 Å². The van der Waals surface area contributed by atoms with Crippen molar-refractivity contribution in [3.63, 3.8) is 0 Å². The highest BCUT2D eigenvalue weighted by Crippen LogP contribution is 2.68. The molecule has 1 fully saturated rings. The second-order valence-electron chi connectivity index (χ2n) is 5.34. The molecule has 0 aromatic rings. The summed E-state index contributed by atoms with van der Waals surface area (Å²) in [5, 5.41) is 17.3. The molecule has 0 spiro atoms. The lowest BCUT2D eigenvalue weighted by molar-refractivity contribution is -0.122. The molecule has 0 radical (unpaired) electrons. The number of nitrogens with zero attached hydrogens (tertiary/aromatic N) is 4. The highest BCUT2D eigenvalue weighted by Gasteiger charge is 2.70. The zero-order valence-electron chi connectivity index (χ0n) is 11.4. The van der Waals surface area contributed by atoms with Crippen LogP contribution in [0.5, 0.6) is 0 Å². The fourth-order valence-electron chi connectivity index (χ4n) is 2.08. The van der Waals surface area contributed by atoms with Crippen LogP contribution in [-0.4, -0.2) is 39.8 Å². The SMILES string of the molecule is CC1=NN(CC#N)C(=O)C1=NOCC1C(C)(C)C1(Cl)Cl. The van der Waals surface area contributed by atoms with Crippen LogP contribution in [-0.2, 0) is 9.63 Å². The number of alkyl halides is 2. The number of hydrogen-bond donors (Lipinski definition) is 0. The molecule has 1 aliphatic carbocycles. The van der Waals surface area contributed by atoms with Gasteiger partial charge in [0.05, 0.1) is 11.8 Å². The average molecular weight is 317 g/mol. The van der Waals surface area contributed by atoms with Crippen LogP contribution in [0.15, 0.2) is 10.3 Å². The number of halogens is 2. The van der Waals surface area contributed by atoms with Crippen molar-refractivity contribution in [2.24, 2.45) is 21.6 Å². The first kappa shape index (κ1) is 15.1. The molecule has 1 saturated carbocycles. The lowest BCUT2D eigenvalue weighted by Gasteiger charge is -2.04. The molecular weight excluding hydrogens is 303 g/mol. The number of rotatable bonds is 4. The third-order valence-corrected chi connectivity index (χ3v) is 5.25. The third-order valence-electron chi connectivity index (χ3n) is 3.75. The van der Waals surface area contributed by atoms with E-state index in [0.29, 0.717) is 5.71 Å². The molecule has 1 unspecified atom stereocenters. The zero-order chi connectivity index (χ0) is 15.1. The third kappa shape index (κ3) is 2.25. The summed E-state index contributed by atoms with van der Waals surface area (Å²) in [6.45, 7) is 5.62. The van der Waals surface area contributed by atoms with E-state index in [1.807, 2.05) is 19.9 Å². The quantitative estimate of drug-likeness (QED) is 0.451. The van der Waals surface area contributed by atoms with E-state index in [0.717, 1.165) is 5.01 Å². The molecule has 0 N–H and O–H groups in total. The van der Waals surface area contributed by atoms with Gasteiger partial charge in [0.15, 0.2) is 5.71 Å². The van der Waals surface area contributed by atoms with E-state index >= 15 is 0 Å². The van der Waals surface area contributed by atoms with Crippen LogP contribution in [0.3, 0.4) is 0 Å². The average Bonchev–Trinajstić information content (AvgIpc) is 2.60. The molecule has 1 atom stereocenters. The normalized spacial score (nSPS) is 28.3. The first-order valence-electron chi connectivity index (χ1n) is 6.05. The first-order chi connectivity index (χ1) is 9.23. The van der Waals surface area contributed by atoms with Gasteiger partial charge in [-0.25, -0.2) is 5.01 Å². The minimum Gasteiger partial charge on any atom is -0.395 e. The Morgan fingerprint density at radius 1 is 1.55 bits per heavy atom. The Hall–Kier alpha value is -1.32. The molecule has 0 aromatic heterocycles. The van der Waals surface area contributed by atoms with Gasteiger partial charge in [0.25, 0.3) is 5.91 Å². The second kappa shape index (κ2) is 4.90. The lowest BCUT2D eigenvalue weighted by Crippen LogP contribution is -2.28. The summed E-state index contributed by atoms with van der Waals surface area (Å²) in [5.74, 6) is -0.492. The van der Waals surface area contributed by atoms with Crippen LogP contribution >= 0.6 is 23.2 Å². The summed E-state index contributed by atoms with van der Waals surface area (Å²) in [6.07, 6.45) is 0. The van der Waals surface area contributed by atoms with Gasteiger partial charge in [0.1, 0.15) is 17.5 Å². The van der Waals surface area contributed by atoms with Crippen molar-refractivity contribution in [3.05, 3.63) is 0 Å². The van der Waals surface area contributed by atoms with Gasteiger partial charge in [0, 0.05) is 11.3 Å². The van der Waals surface area contributed by atoms with E-state index in [1.165, 1.54) is 0 Å². The Labute approximate surface area is 126 Å². The maximum Gasteiger partial charge on any atom is 0.298 e. The smallest absolute Gasteiger partial charge is 0.298 e. The van der Waals surface area contributed by atoms with Crippen LogP contribution in [0.1, 0.15) is 20.8 Å². The van der Waals surface area contributed by atoms with Crippen molar-refractivity contribution in [2.75, 3.05) is 13.2 Å². The van der Waals surface area contributed by atoms with Gasteiger partial charge in [0.2, 0.25) is 0 Å². The topological polar surface area (TPSA) is 78.0 Å². The highest BCUT2D eigenvalue weighted by atomic mass is 35.5. The number of oxime groups is 1. The molecule has 0 saturated heterocycles. The molecule has 1 heterocycles. The molecule has 2 rings (SSSR count). The van der Waals surface area contributed by atoms with E-state index in [9.17, 15) is 4.79 Å². The van der Waals surface area contributed by atoms with Crippen molar-refractivity contribution in [3.8, 4) is 6.07 Å². The molecule has 20 heavy (non-hydrogen) atoms. The number of hydrazone groups is 1. The van der Waals surface area contributed by atoms with Crippen molar-refractivity contribution >= 4 is 40.5 Å². The molecular formula is C12H14Cl2N4O2. The Kier molecular flexibility index (Phi) is 3.69.